The zero-order valence-electron chi connectivity index (χ0n) is 16.9. The van der Waals surface area contributed by atoms with Crippen molar-refractivity contribution in [1.82, 2.24) is 9.80 Å². The highest BCUT2D eigenvalue weighted by Crippen LogP contribution is 2.29. The summed E-state index contributed by atoms with van der Waals surface area (Å²) in [7, 11) is 0. The summed E-state index contributed by atoms with van der Waals surface area (Å²) in [6, 6.07) is 11.9. The van der Waals surface area contributed by atoms with Crippen LogP contribution < -0.4 is 5.32 Å². The number of nitrogens with zero attached hydrogens (tertiary/aromatic N) is 2. The van der Waals surface area contributed by atoms with Crippen molar-refractivity contribution < 1.29 is 14.4 Å². The molecule has 0 aromatic heterocycles. The molecule has 2 aliphatic rings. The first-order valence-corrected chi connectivity index (χ1v) is 10.5. The van der Waals surface area contributed by atoms with Crippen LogP contribution in [0.2, 0.25) is 5.02 Å². The maximum absolute atomic E-state index is 13.4. The maximum atomic E-state index is 13.4. The molecule has 1 N–H and O–H groups in total. The van der Waals surface area contributed by atoms with Crippen molar-refractivity contribution in [2.75, 3.05) is 18.4 Å². The molecule has 2 aromatic rings. The molecule has 0 bridgehead atoms. The molecule has 7 heteroatoms. The number of rotatable bonds is 3. The predicted octanol–water partition coefficient (Wildman–Crippen LogP) is 3.49. The molecule has 1 saturated heterocycles. The Bertz CT molecular complexity index is 1000. The van der Waals surface area contributed by atoms with Crippen molar-refractivity contribution in [2.24, 2.45) is 0 Å². The minimum absolute atomic E-state index is 0.000495. The van der Waals surface area contributed by atoms with Crippen molar-refractivity contribution in [1.29, 1.82) is 0 Å². The monoisotopic (exact) mass is 425 g/mol. The van der Waals surface area contributed by atoms with E-state index >= 15 is 0 Å². The van der Waals surface area contributed by atoms with Gasteiger partial charge >= 0.3 is 0 Å². The molecular weight excluding hydrogens is 402 g/mol. The van der Waals surface area contributed by atoms with Gasteiger partial charge in [0.15, 0.2) is 0 Å². The highest BCUT2D eigenvalue weighted by Gasteiger charge is 2.38. The number of nitrogens with one attached hydrogen (secondary N) is 1. The molecule has 0 radical (unpaired) electrons. The zero-order chi connectivity index (χ0) is 21.3. The Balaban J connectivity index is 1.69. The second kappa shape index (κ2) is 8.48. The van der Waals surface area contributed by atoms with E-state index in [9.17, 15) is 14.4 Å². The number of fused-ring (bicyclic) bond motifs is 1. The van der Waals surface area contributed by atoms with E-state index in [-0.39, 0.29) is 17.7 Å². The van der Waals surface area contributed by atoms with Gasteiger partial charge in [-0.1, -0.05) is 23.7 Å². The Labute approximate surface area is 180 Å². The van der Waals surface area contributed by atoms with Gasteiger partial charge in [0.1, 0.15) is 6.04 Å². The van der Waals surface area contributed by atoms with E-state index in [1.807, 2.05) is 23.1 Å². The van der Waals surface area contributed by atoms with Crippen LogP contribution in [-0.2, 0) is 22.6 Å². The maximum Gasteiger partial charge on any atom is 0.254 e. The van der Waals surface area contributed by atoms with Crippen LogP contribution >= 0.6 is 11.6 Å². The van der Waals surface area contributed by atoms with Crippen LogP contribution in [0.5, 0.6) is 0 Å². The van der Waals surface area contributed by atoms with Crippen LogP contribution in [0.4, 0.5) is 5.69 Å². The fourth-order valence-corrected chi connectivity index (χ4v) is 4.43. The Hall–Kier alpha value is -2.86. The fraction of sp³-hybridized carbons (Fsp3) is 0.348. The van der Waals surface area contributed by atoms with Crippen LogP contribution in [0.25, 0.3) is 0 Å². The van der Waals surface area contributed by atoms with Crippen LogP contribution in [-0.4, -0.2) is 46.7 Å². The van der Waals surface area contributed by atoms with Crippen molar-refractivity contribution >= 4 is 35.0 Å². The molecule has 2 aromatic carbocycles. The molecule has 0 spiro atoms. The number of benzene rings is 2. The third-order valence-corrected chi connectivity index (χ3v) is 5.93. The number of carbonyl (C=O) groups excluding carboxylic acids is 3. The minimum Gasteiger partial charge on any atom is -0.341 e. The molecule has 3 amide bonds. The summed E-state index contributed by atoms with van der Waals surface area (Å²) in [4.78, 5) is 41.6. The normalized spacial score (nSPS) is 18.1. The third kappa shape index (κ3) is 4.19. The molecule has 0 aliphatic carbocycles. The average molecular weight is 426 g/mol. The highest BCUT2D eigenvalue weighted by atomic mass is 35.5. The van der Waals surface area contributed by atoms with Crippen LogP contribution in [0.15, 0.2) is 42.5 Å². The van der Waals surface area contributed by atoms with Crippen LogP contribution in [0.1, 0.15) is 41.3 Å². The van der Waals surface area contributed by atoms with Crippen molar-refractivity contribution in [3.63, 3.8) is 0 Å². The van der Waals surface area contributed by atoms with Gasteiger partial charge in [0.25, 0.3) is 5.91 Å². The number of likely N-dealkylation sites (tertiary alicyclic amines) is 1. The first kappa shape index (κ1) is 20.4. The molecule has 0 saturated carbocycles. The van der Waals surface area contributed by atoms with Gasteiger partial charge in [-0.3, -0.25) is 14.4 Å². The smallest absolute Gasteiger partial charge is 0.254 e. The Kier molecular flexibility index (Phi) is 5.77. The van der Waals surface area contributed by atoms with Gasteiger partial charge in [0, 0.05) is 49.3 Å². The van der Waals surface area contributed by atoms with Gasteiger partial charge < -0.3 is 15.1 Å². The summed E-state index contributed by atoms with van der Waals surface area (Å²) >= 11 is 6.09. The average Bonchev–Trinajstić information content (AvgIpc) is 3.26. The fourth-order valence-electron chi connectivity index (χ4n) is 4.24. The Morgan fingerprint density at radius 3 is 2.50 bits per heavy atom. The molecule has 1 unspecified atom stereocenters. The van der Waals surface area contributed by atoms with E-state index < -0.39 is 6.04 Å². The van der Waals surface area contributed by atoms with Gasteiger partial charge in [-0.05, 0) is 54.3 Å². The van der Waals surface area contributed by atoms with Gasteiger partial charge in [0.2, 0.25) is 11.8 Å². The summed E-state index contributed by atoms with van der Waals surface area (Å²) < 4.78 is 0. The summed E-state index contributed by atoms with van der Waals surface area (Å²) in [6.07, 6.45) is 2.45. The van der Waals surface area contributed by atoms with Gasteiger partial charge in [0.05, 0.1) is 0 Å². The van der Waals surface area contributed by atoms with E-state index in [2.05, 4.69) is 5.32 Å². The second-order valence-electron chi connectivity index (χ2n) is 7.86. The number of carbonyl (C=O) groups is 3. The summed E-state index contributed by atoms with van der Waals surface area (Å²) in [5, 5.41) is 3.26. The molecular formula is C23H24ClN3O3. The zero-order valence-corrected chi connectivity index (χ0v) is 17.6. The standard InChI is InChI=1S/C23H24ClN3O3/c1-15(28)25-20-8-7-16-13-21(23(30)26-9-2-3-10-26)27(14-18(16)12-20)22(29)17-5-4-6-19(24)11-17/h4-8,11-12,21H,2-3,9-10,13-14H2,1H3,(H,25,28). The van der Waals surface area contributed by atoms with Crippen molar-refractivity contribution in [3.05, 3.63) is 64.2 Å². The topological polar surface area (TPSA) is 69.7 Å². The quantitative estimate of drug-likeness (QED) is 0.818. The first-order chi connectivity index (χ1) is 14.4. The van der Waals surface area contributed by atoms with E-state index in [1.54, 1.807) is 29.2 Å². The first-order valence-electron chi connectivity index (χ1n) is 10.2. The van der Waals surface area contributed by atoms with Crippen molar-refractivity contribution in [2.45, 2.75) is 38.8 Å². The summed E-state index contributed by atoms with van der Waals surface area (Å²) in [6.45, 7) is 3.24. The van der Waals surface area contributed by atoms with Crippen molar-refractivity contribution in [3.8, 4) is 0 Å². The molecule has 1 fully saturated rings. The van der Waals surface area contributed by atoms with Gasteiger partial charge in [-0.25, -0.2) is 0 Å². The number of amides is 3. The lowest BCUT2D eigenvalue weighted by Crippen LogP contribution is -2.53. The number of halogens is 1. The van der Waals surface area contributed by atoms with E-state index in [0.717, 1.165) is 37.1 Å². The largest absolute Gasteiger partial charge is 0.341 e. The molecule has 30 heavy (non-hydrogen) atoms. The van der Waals surface area contributed by atoms with Crippen LogP contribution in [0.3, 0.4) is 0 Å². The SMILES string of the molecule is CC(=O)Nc1ccc2c(c1)CN(C(=O)c1cccc(Cl)c1)C(C(=O)N1CCCC1)C2. The highest BCUT2D eigenvalue weighted by molar-refractivity contribution is 6.31. The molecule has 1 atom stereocenters. The van der Waals surface area contributed by atoms with E-state index in [4.69, 9.17) is 11.6 Å². The number of anilines is 1. The lowest BCUT2D eigenvalue weighted by Gasteiger charge is -2.38. The summed E-state index contributed by atoms with van der Waals surface area (Å²) in [5.74, 6) is -0.371. The number of hydrogen-bond acceptors (Lipinski definition) is 3. The van der Waals surface area contributed by atoms with Gasteiger partial charge in [-0.15, -0.1) is 0 Å². The Morgan fingerprint density at radius 2 is 1.80 bits per heavy atom. The lowest BCUT2D eigenvalue weighted by atomic mass is 9.92. The lowest BCUT2D eigenvalue weighted by molar-refractivity contribution is -0.135. The molecule has 156 valence electrons. The Morgan fingerprint density at radius 1 is 1.03 bits per heavy atom. The second-order valence-corrected chi connectivity index (χ2v) is 8.30. The summed E-state index contributed by atoms with van der Waals surface area (Å²) in [5.41, 5.74) is 3.10. The predicted molar refractivity (Wildman–Crippen MR) is 115 cm³/mol. The van der Waals surface area contributed by atoms with Gasteiger partial charge in [-0.2, -0.15) is 0 Å². The molecule has 6 nitrogen and oxygen atoms in total. The third-order valence-electron chi connectivity index (χ3n) is 5.69. The van der Waals surface area contributed by atoms with Crippen LogP contribution in [0, 0.1) is 0 Å². The van der Waals surface area contributed by atoms with E-state index in [1.165, 1.54) is 6.92 Å². The molecule has 2 heterocycles. The molecule has 2 aliphatic heterocycles. The van der Waals surface area contributed by atoms with E-state index in [0.29, 0.717) is 29.2 Å². The minimum atomic E-state index is -0.548. The number of hydrogen-bond donors (Lipinski definition) is 1. The molecule has 4 rings (SSSR count).